The number of aromatic nitrogens is 2. The number of carbonyl (C=O) groups is 1. The molecule has 0 unspecified atom stereocenters. The van der Waals surface area contributed by atoms with Gasteiger partial charge in [-0.15, -0.1) is 11.3 Å². The number of thiophene rings is 1. The van der Waals surface area contributed by atoms with E-state index in [1.54, 1.807) is 11.8 Å². The van der Waals surface area contributed by atoms with Gasteiger partial charge in [0.1, 0.15) is 15.7 Å². The van der Waals surface area contributed by atoms with Crippen molar-refractivity contribution in [3.8, 4) is 0 Å². The molecule has 30 heavy (non-hydrogen) atoms. The van der Waals surface area contributed by atoms with Gasteiger partial charge in [-0.1, -0.05) is 49.0 Å². The predicted octanol–water partition coefficient (Wildman–Crippen LogP) is 5.14. The Morgan fingerprint density at radius 2 is 2.03 bits per heavy atom. The third-order valence-corrected chi connectivity index (χ3v) is 8.12. The molecule has 1 atom stereocenters. The Morgan fingerprint density at radius 3 is 2.83 bits per heavy atom. The van der Waals surface area contributed by atoms with E-state index in [-0.39, 0.29) is 5.91 Å². The molecule has 0 saturated heterocycles. The maximum absolute atomic E-state index is 12.5. The highest BCUT2D eigenvalue weighted by Gasteiger charge is 2.30. The van der Waals surface area contributed by atoms with Crippen molar-refractivity contribution in [1.82, 2.24) is 15.3 Å². The van der Waals surface area contributed by atoms with Gasteiger partial charge in [0.05, 0.1) is 5.75 Å². The van der Waals surface area contributed by atoms with Crippen LogP contribution in [0.15, 0.2) is 35.4 Å². The van der Waals surface area contributed by atoms with Crippen LogP contribution >= 0.6 is 23.1 Å². The SMILES string of the molecule is C[C@@H]1CCc2c(sc3nc(C4CC4)nc(SCC(=O)NCCc4ccccc4)c23)C1. The van der Waals surface area contributed by atoms with Gasteiger partial charge >= 0.3 is 0 Å². The lowest BCUT2D eigenvalue weighted by molar-refractivity contribution is -0.118. The van der Waals surface area contributed by atoms with Gasteiger partial charge in [0, 0.05) is 22.7 Å². The molecule has 0 bridgehead atoms. The van der Waals surface area contributed by atoms with Crippen molar-refractivity contribution in [3.05, 3.63) is 52.2 Å². The summed E-state index contributed by atoms with van der Waals surface area (Å²) in [7, 11) is 0. The molecular formula is C24H27N3OS2. The molecule has 156 valence electrons. The van der Waals surface area contributed by atoms with E-state index in [4.69, 9.17) is 9.97 Å². The summed E-state index contributed by atoms with van der Waals surface area (Å²) in [6.07, 6.45) is 6.73. The number of rotatable bonds is 7. The molecule has 1 N–H and O–H groups in total. The zero-order valence-electron chi connectivity index (χ0n) is 17.3. The second kappa shape index (κ2) is 8.67. The number of nitrogens with one attached hydrogen (secondary N) is 1. The van der Waals surface area contributed by atoms with E-state index in [0.717, 1.165) is 40.9 Å². The number of fused-ring (bicyclic) bond motifs is 3. The first-order chi connectivity index (χ1) is 14.7. The number of carbonyl (C=O) groups excluding carboxylic acids is 1. The van der Waals surface area contributed by atoms with Crippen molar-refractivity contribution in [2.75, 3.05) is 12.3 Å². The fourth-order valence-electron chi connectivity index (χ4n) is 4.13. The van der Waals surface area contributed by atoms with Crippen LogP contribution in [-0.2, 0) is 24.1 Å². The van der Waals surface area contributed by atoms with E-state index < -0.39 is 0 Å². The molecule has 0 spiro atoms. The number of hydrogen-bond acceptors (Lipinski definition) is 5. The van der Waals surface area contributed by atoms with Crippen LogP contribution in [0, 0.1) is 5.92 Å². The molecule has 5 rings (SSSR count). The molecule has 0 aliphatic heterocycles. The Kier molecular flexibility index (Phi) is 5.79. The van der Waals surface area contributed by atoms with E-state index in [1.807, 2.05) is 29.5 Å². The third-order valence-electron chi connectivity index (χ3n) is 6.00. The summed E-state index contributed by atoms with van der Waals surface area (Å²) in [5.41, 5.74) is 2.69. The summed E-state index contributed by atoms with van der Waals surface area (Å²) in [4.78, 5) is 25.0. The first kappa shape index (κ1) is 20.0. The minimum Gasteiger partial charge on any atom is -0.355 e. The fraction of sp³-hybridized carbons (Fsp3) is 0.458. The summed E-state index contributed by atoms with van der Waals surface area (Å²) in [5.74, 6) is 2.74. The Morgan fingerprint density at radius 1 is 1.20 bits per heavy atom. The first-order valence-electron chi connectivity index (χ1n) is 10.9. The standard InChI is InChI=1S/C24H27N3OS2/c1-15-7-10-18-19(13-15)30-24-21(18)23(26-22(27-24)17-8-9-17)29-14-20(28)25-12-11-16-5-3-2-4-6-16/h2-6,15,17H,7-14H2,1H3,(H,25,28)/t15-/m1/s1. The predicted molar refractivity (Wildman–Crippen MR) is 124 cm³/mol. The molecule has 1 saturated carbocycles. The summed E-state index contributed by atoms with van der Waals surface area (Å²) >= 11 is 3.44. The molecule has 0 radical (unpaired) electrons. The first-order valence-corrected chi connectivity index (χ1v) is 12.7. The number of hydrogen-bond donors (Lipinski definition) is 1. The molecule has 4 nitrogen and oxygen atoms in total. The van der Waals surface area contributed by atoms with Gasteiger partial charge in [0.25, 0.3) is 0 Å². The minimum atomic E-state index is 0.0772. The summed E-state index contributed by atoms with van der Waals surface area (Å²) in [5, 5.41) is 5.31. The fourth-order valence-corrected chi connectivity index (χ4v) is 6.48. The Balaban J connectivity index is 1.30. The second-order valence-corrected chi connectivity index (χ2v) is 10.6. The minimum absolute atomic E-state index is 0.0772. The van der Waals surface area contributed by atoms with Crippen molar-refractivity contribution >= 4 is 39.2 Å². The average Bonchev–Trinajstić information content (AvgIpc) is 3.53. The Hall–Kier alpha value is -1.92. The van der Waals surface area contributed by atoms with Crippen LogP contribution in [0.5, 0.6) is 0 Å². The maximum Gasteiger partial charge on any atom is 0.230 e. The quantitative estimate of drug-likeness (QED) is 0.410. The van der Waals surface area contributed by atoms with Crippen molar-refractivity contribution in [1.29, 1.82) is 0 Å². The van der Waals surface area contributed by atoms with Crippen LogP contribution in [0.25, 0.3) is 10.2 Å². The normalized spacial score (nSPS) is 18.4. The van der Waals surface area contributed by atoms with Crippen molar-refractivity contribution in [3.63, 3.8) is 0 Å². The van der Waals surface area contributed by atoms with E-state index in [1.165, 1.54) is 40.7 Å². The van der Waals surface area contributed by atoms with Crippen molar-refractivity contribution in [2.24, 2.45) is 5.92 Å². The third kappa shape index (κ3) is 4.40. The molecule has 2 heterocycles. The van der Waals surface area contributed by atoms with Crippen LogP contribution in [0.3, 0.4) is 0 Å². The maximum atomic E-state index is 12.5. The largest absolute Gasteiger partial charge is 0.355 e. The van der Waals surface area contributed by atoms with Gasteiger partial charge in [-0.3, -0.25) is 4.79 Å². The van der Waals surface area contributed by atoms with Gasteiger partial charge in [-0.25, -0.2) is 9.97 Å². The van der Waals surface area contributed by atoms with E-state index in [2.05, 4.69) is 24.4 Å². The zero-order chi connectivity index (χ0) is 20.5. The van der Waals surface area contributed by atoms with E-state index >= 15 is 0 Å². The molecule has 2 aromatic heterocycles. The van der Waals surface area contributed by atoms with Crippen LogP contribution in [0.1, 0.15) is 53.9 Å². The number of amides is 1. The van der Waals surface area contributed by atoms with Crippen LogP contribution < -0.4 is 5.32 Å². The smallest absolute Gasteiger partial charge is 0.230 e. The Labute approximate surface area is 185 Å². The highest BCUT2D eigenvalue weighted by Crippen LogP contribution is 2.44. The second-order valence-electron chi connectivity index (χ2n) is 8.57. The molecule has 2 aliphatic carbocycles. The number of thioether (sulfide) groups is 1. The van der Waals surface area contributed by atoms with E-state index in [0.29, 0.717) is 18.2 Å². The van der Waals surface area contributed by atoms with Gasteiger partial charge in [0.2, 0.25) is 5.91 Å². The molecule has 3 aromatic rings. The summed E-state index contributed by atoms with van der Waals surface area (Å²) < 4.78 is 0. The van der Waals surface area contributed by atoms with E-state index in [9.17, 15) is 4.79 Å². The van der Waals surface area contributed by atoms with Crippen LogP contribution in [-0.4, -0.2) is 28.2 Å². The summed E-state index contributed by atoms with van der Waals surface area (Å²) in [6.45, 7) is 3.01. The lowest BCUT2D eigenvalue weighted by Crippen LogP contribution is -2.27. The van der Waals surface area contributed by atoms with Gasteiger partial charge in [-0.2, -0.15) is 0 Å². The average molecular weight is 438 g/mol. The number of benzene rings is 1. The van der Waals surface area contributed by atoms with Crippen molar-refractivity contribution in [2.45, 2.75) is 56.4 Å². The highest BCUT2D eigenvalue weighted by atomic mass is 32.2. The highest BCUT2D eigenvalue weighted by molar-refractivity contribution is 8.00. The van der Waals surface area contributed by atoms with Gasteiger partial charge in [0.15, 0.2) is 0 Å². The molecule has 2 aliphatic rings. The molecule has 6 heteroatoms. The number of aryl methyl sites for hydroxylation is 1. The van der Waals surface area contributed by atoms with Crippen LogP contribution in [0.2, 0.25) is 0 Å². The zero-order valence-corrected chi connectivity index (χ0v) is 19.0. The molecular weight excluding hydrogens is 410 g/mol. The van der Waals surface area contributed by atoms with Gasteiger partial charge in [-0.05, 0) is 55.6 Å². The number of nitrogens with zero attached hydrogens (tertiary/aromatic N) is 2. The molecule has 1 amide bonds. The Bertz CT molecular complexity index is 1060. The lowest BCUT2D eigenvalue weighted by atomic mass is 9.89. The summed E-state index contributed by atoms with van der Waals surface area (Å²) in [6, 6.07) is 10.3. The lowest BCUT2D eigenvalue weighted by Gasteiger charge is -2.18. The molecule has 1 fully saturated rings. The molecule has 1 aromatic carbocycles. The van der Waals surface area contributed by atoms with Crippen molar-refractivity contribution < 1.29 is 4.79 Å². The van der Waals surface area contributed by atoms with Gasteiger partial charge < -0.3 is 5.32 Å². The van der Waals surface area contributed by atoms with Crippen LogP contribution in [0.4, 0.5) is 0 Å². The monoisotopic (exact) mass is 437 g/mol. The topological polar surface area (TPSA) is 54.9 Å².